The minimum Gasteiger partial charge on any atom is -0.341 e. The van der Waals surface area contributed by atoms with Crippen LogP contribution in [0.3, 0.4) is 0 Å². The number of nitrogens with zero attached hydrogens (tertiary/aromatic N) is 4. The van der Waals surface area contributed by atoms with Crippen molar-refractivity contribution < 1.29 is 4.79 Å². The molecular formula is C12H14N4O2. The van der Waals surface area contributed by atoms with Crippen LogP contribution in [0.25, 0.3) is 5.65 Å². The number of likely N-dealkylation sites (tertiary alicyclic amines) is 1. The van der Waals surface area contributed by atoms with Gasteiger partial charge in [-0.2, -0.15) is 0 Å². The molecule has 6 heteroatoms. The van der Waals surface area contributed by atoms with Gasteiger partial charge >= 0.3 is 5.69 Å². The maximum absolute atomic E-state index is 12.0. The van der Waals surface area contributed by atoms with Crippen molar-refractivity contribution in [1.29, 1.82) is 0 Å². The van der Waals surface area contributed by atoms with E-state index in [1.807, 2.05) is 6.07 Å². The van der Waals surface area contributed by atoms with E-state index in [1.54, 1.807) is 23.2 Å². The average Bonchev–Trinajstić information content (AvgIpc) is 3.00. The number of pyridine rings is 1. The van der Waals surface area contributed by atoms with Gasteiger partial charge in [0, 0.05) is 19.3 Å². The minimum absolute atomic E-state index is 0.0283. The van der Waals surface area contributed by atoms with E-state index in [0.29, 0.717) is 5.65 Å². The van der Waals surface area contributed by atoms with Gasteiger partial charge in [0.1, 0.15) is 6.54 Å². The molecular weight excluding hydrogens is 232 g/mol. The lowest BCUT2D eigenvalue weighted by atomic mass is 10.4. The Kier molecular flexibility index (Phi) is 2.62. The van der Waals surface area contributed by atoms with Crippen molar-refractivity contribution in [3.05, 3.63) is 34.9 Å². The van der Waals surface area contributed by atoms with Gasteiger partial charge in [-0.05, 0) is 25.0 Å². The third kappa shape index (κ3) is 1.79. The van der Waals surface area contributed by atoms with Gasteiger partial charge < -0.3 is 4.90 Å². The fourth-order valence-electron chi connectivity index (χ4n) is 2.27. The van der Waals surface area contributed by atoms with Gasteiger partial charge in [0.2, 0.25) is 5.91 Å². The van der Waals surface area contributed by atoms with Crippen molar-refractivity contribution in [2.45, 2.75) is 19.4 Å². The molecule has 6 nitrogen and oxygen atoms in total. The first-order valence-electron chi connectivity index (χ1n) is 6.08. The molecule has 0 unspecified atom stereocenters. The predicted octanol–water partition coefficient (Wildman–Crippen LogP) is 0.118. The van der Waals surface area contributed by atoms with E-state index in [9.17, 15) is 9.59 Å². The number of carbonyl (C=O) groups excluding carboxylic acids is 1. The quantitative estimate of drug-likeness (QED) is 0.756. The predicted molar refractivity (Wildman–Crippen MR) is 65.3 cm³/mol. The molecule has 94 valence electrons. The largest absolute Gasteiger partial charge is 0.350 e. The standard InChI is InChI=1S/C12H14N4O2/c17-11(14-6-3-4-7-14)9-16-12(18)15-8-2-1-5-10(15)13-16/h1-2,5,8H,3-4,6-7,9H2. The van der Waals surface area contributed by atoms with Crippen LogP contribution in [0.1, 0.15) is 12.8 Å². The molecule has 1 saturated heterocycles. The van der Waals surface area contributed by atoms with E-state index in [4.69, 9.17) is 0 Å². The fraction of sp³-hybridized carbons (Fsp3) is 0.417. The molecule has 1 amide bonds. The second-order valence-corrected chi connectivity index (χ2v) is 4.46. The summed E-state index contributed by atoms with van der Waals surface area (Å²) in [5.41, 5.74) is 0.301. The number of hydrogen-bond acceptors (Lipinski definition) is 3. The molecule has 2 aromatic heterocycles. The van der Waals surface area contributed by atoms with Gasteiger partial charge in [-0.15, -0.1) is 5.10 Å². The topological polar surface area (TPSA) is 59.6 Å². The highest BCUT2D eigenvalue weighted by atomic mass is 16.2. The highest BCUT2D eigenvalue weighted by Crippen LogP contribution is 2.07. The lowest BCUT2D eigenvalue weighted by Gasteiger charge is -2.14. The Morgan fingerprint density at radius 3 is 2.78 bits per heavy atom. The number of carbonyl (C=O) groups is 1. The molecule has 3 heterocycles. The average molecular weight is 246 g/mol. The molecule has 2 aromatic rings. The molecule has 1 aliphatic rings. The number of hydrogen-bond donors (Lipinski definition) is 0. The normalized spacial score (nSPS) is 15.4. The third-order valence-corrected chi connectivity index (χ3v) is 3.23. The second kappa shape index (κ2) is 4.29. The van der Waals surface area contributed by atoms with Crippen molar-refractivity contribution in [2.24, 2.45) is 0 Å². The molecule has 0 aliphatic carbocycles. The Morgan fingerprint density at radius 1 is 1.28 bits per heavy atom. The van der Waals surface area contributed by atoms with Gasteiger partial charge in [0.25, 0.3) is 0 Å². The summed E-state index contributed by atoms with van der Waals surface area (Å²) in [5, 5.41) is 4.14. The second-order valence-electron chi connectivity index (χ2n) is 4.46. The Bertz CT molecular complexity index is 637. The molecule has 0 N–H and O–H groups in total. The first kappa shape index (κ1) is 11.0. The minimum atomic E-state index is -0.266. The maximum atomic E-state index is 12.0. The summed E-state index contributed by atoms with van der Waals surface area (Å²) in [6, 6.07) is 5.33. The van der Waals surface area contributed by atoms with Crippen LogP contribution in [0.4, 0.5) is 0 Å². The Hall–Kier alpha value is -2.11. The monoisotopic (exact) mass is 246 g/mol. The Labute approximate surface area is 103 Å². The zero-order valence-electron chi connectivity index (χ0n) is 9.95. The summed E-state index contributed by atoms with van der Waals surface area (Å²) in [5.74, 6) is -0.0296. The van der Waals surface area contributed by atoms with E-state index in [1.165, 1.54) is 9.08 Å². The first-order chi connectivity index (χ1) is 8.75. The molecule has 0 radical (unpaired) electrons. The van der Waals surface area contributed by atoms with E-state index >= 15 is 0 Å². The highest BCUT2D eigenvalue weighted by Gasteiger charge is 2.19. The van der Waals surface area contributed by atoms with Gasteiger partial charge in [-0.25, -0.2) is 9.48 Å². The summed E-state index contributed by atoms with van der Waals surface area (Å²) in [4.78, 5) is 25.7. The van der Waals surface area contributed by atoms with E-state index in [0.717, 1.165) is 25.9 Å². The van der Waals surface area contributed by atoms with Crippen molar-refractivity contribution >= 4 is 11.6 Å². The maximum Gasteiger partial charge on any atom is 0.350 e. The summed E-state index contributed by atoms with van der Waals surface area (Å²) in [6.07, 6.45) is 3.75. The van der Waals surface area contributed by atoms with Gasteiger partial charge in [0.15, 0.2) is 5.65 Å². The van der Waals surface area contributed by atoms with Crippen LogP contribution >= 0.6 is 0 Å². The van der Waals surface area contributed by atoms with E-state index in [2.05, 4.69) is 5.10 Å². The highest BCUT2D eigenvalue weighted by molar-refractivity contribution is 5.76. The molecule has 18 heavy (non-hydrogen) atoms. The molecule has 0 aromatic carbocycles. The Balaban J connectivity index is 1.88. The summed E-state index contributed by atoms with van der Waals surface area (Å²) in [7, 11) is 0. The summed E-state index contributed by atoms with van der Waals surface area (Å²) < 4.78 is 2.67. The van der Waals surface area contributed by atoms with Crippen LogP contribution in [-0.2, 0) is 11.3 Å². The van der Waals surface area contributed by atoms with Crippen molar-refractivity contribution in [3.63, 3.8) is 0 Å². The van der Waals surface area contributed by atoms with E-state index in [-0.39, 0.29) is 18.1 Å². The van der Waals surface area contributed by atoms with Crippen molar-refractivity contribution in [3.8, 4) is 0 Å². The molecule has 1 fully saturated rings. The van der Waals surface area contributed by atoms with Crippen LogP contribution in [0.2, 0.25) is 0 Å². The lowest BCUT2D eigenvalue weighted by Crippen LogP contribution is -2.34. The van der Waals surface area contributed by atoms with Crippen LogP contribution in [0, 0.1) is 0 Å². The summed E-state index contributed by atoms with van der Waals surface area (Å²) >= 11 is 0. The first-order valence-corrected chi connectivity index (χ1v) is 6.08. The molecule has 0 atom stereocenters. The molecule has 0 spiro atoms. The zero-order chi connectivity index (χ0) is 12.5. The van der Waals surface area contributed by atoms with Crippen LogP contribution in [0.5, 0.6) is 0 Å². The molecule has 3 rings (SSSR count). The lowest BCUT2D eigenvalue weighted by molar-refractivity contribution is -0.131. The van der Waals surface area contributed by atoms with Crippen LogP contribution in [0.15, 0.2) is 29.2 Å². The summed E-state index contributed by atoms with van der Waals surface area (Å²) in [6.45, 7) is 1.61. The van der Waals surface area contributed by atoms with Crippen LogP contribution < -0.4 is 5.69 Å². The molecule has 1 aliphatic heterocycles. The number of rotatable bonds is 2. The number of aromatic nitrogens is 3. The van der Waals surface area contributed by atoms with E-state index < -0.39 is 0 Å². The van der Waals surface area contributed by atoms with Gasteiger partial charge in [-0.1, -0.05) is 6.07 Å². The smallest absolute Gasteiger partial charge is 0.341 e. The van der Waals surface area contributed by atoms with Gasteiger partial charge in [-0.3, -0.25) is 9.20 Å². The number of amides is 1. The van der Waals surface area contributed by atoms with Crippen LogP contribution in [-0.4, -0.2) is 38.1 Å². The van der Waals surface area contributed by atoms with Gasteiger partial charge in [0.05, 0.1) is 0 Å². The third-order valence-electron chi connectivity index (χ3n) is 3.23. The van der Waals surface area contributed by atoms with Crippen molar-refractivity contribution in [1.82, 2.24) is 19.1 Å². The fourth-order valence-corrected chi connectivity index (χ4v) is 2.27. The Morgan fingerprint density at radius 2 is 2.06 bits per heavy atom. The molecule has 0 bridgehead atoms. The number of fused-ring (bicyclic) bond motifs is 1. The zero-order valence-corrected chi connectivity index (χ0v) is 9.95. The van der Waals surface area contributed by atoms with Crippen molar-refractivity contribution in [2.75, 3.05) is 13.1 Å². The SMILES string of the molecule is O=C(Cn1nc2ccccn2c1=O)N1CCCC1. The molecule has 0 saturated carbocycles.